The Kier molecular flexibility index (Phi) is 5.17. The maximum atomic E-state index is 6.00. The summed E-state index contributed by atoms with van der Waals surface area (Å²) in [6.45, 7) is 1.61. The molecule has 0 atom stereocenters. The second kappa shape index (κ2) is 7.72. The molecular weight excluding hydrogens is 328 g/mol. The van der Waals surface area contributed by atoms with Crippen LogP contribution in [0.3, 0.4) is 0 Å². The molecule has 7 nitrogen and oxygen atoms in total. The van der Waals surface area contributed by atoms with Gasteiger partial charge in [0.2, 0.25) is 5.95 Å². The van der Waals surface area contributed by atoms with E-state index >= 15 is 0 Å². The van der Waals surface area contributed by atoms with E-state index in [1.165, 1.54) is 0 Å². The van der Waals surface area contributed by atoms with Crippen LogP contribution in [0.25, 0.3) is 11.3 Å². The molecule has 0 radical (unpaired) electrons. The molecule has 1 saturated carbocycles. The van der Waals surface area contributed by atoms with Gasteiger partial charge in [-0.05, 0) is 44.6 Å². The summed E-state index contributed by atoms with van der Waals surface area (Å²) < 4.78 is 7.39. The van der Waals surface area contributed by atoms with Crippen molar-refractivity contribution in [3.05, 3.63) is 24.2 Å². The number of rotatable bonds is 4. The maximum Gasteiger partial charge on any atom is 0.223 e. The van der Waals surface area contributed by atoms with Gasteiger partial charge in [-0.3, -0.25) is 4.68 Å². The summed E-state index contributed by atoms with van der Waals surface area (Å²) in [5.74, 6) is 1.14. The largest absolute Gasteiger partial charge is 0.381 e. The fraction of sp³-hybridized carbons (Fsp3) is 0.632. The van der Waals surface area contributed by atoms with Crippen molar-refractivity contribution in [2.24, 2.45) is 12.8 Å². The molecule has 2 aliphatic rings. The van der Waals surface area contributed by atoms with Gasteiger partial charge in [-0.2, -0.15) is 5.10 Å². The lowest BCUT2D eigenvalue weighted by Crippen LogP contribution is -2.33. The lowest BCUT2D eigenvalue weighted by molar-refractivity contribution is 0.0845. The topological polar surface area (TPSA) is 90.9 Å². The summed E-state index contributed by atoms with van der Waals surface area (Å²) >= 11 is 0. The van der Waals surface area contributed by atoms with Gasteiger partial charge >= 0.3 is 0 Å². The van der Waals surface area contributed by atoms with Gasteiger partial charge in [-0.15, -0.1) is 0 Å². The number of ether oxygens (including phenoxy) is 1. The number of aryl methyl sites for hydroxylation is 1. The minimum absolute atomic E-state index is 0.345. The Bertz CT molecular complexity index is 731. The highest BCUT2D eigenvalue weighted by atomic mass is 16.5. The summed E-state index contributed by atoms with van der Waals surface area (Å²) in [5, 5.41) is 8.22. The SMILES string of the molecule is Cn1cc(-c2ccnc(NC3CCC(N)CC3)n2)c(C2CCOCC2)n1. The number of nitrogens with zero attached hydrogens (tertiary/aromatic N) is 4. The molecule has 0 aromatic carbocycles. The van der Waals surface area contributed by atoms with Crippen molar-refractivity contribution >= 4 is 5.95 Å². The van der Waals surface area contributed by atoms with Crippen molar-refractivity contribution < 1.29 is 4.74 Å². The molecule has 0 bridgehead atoms. The van der Waals surface area contributed by atoms with Crippen LogP contribution in [0.5, 0.6) is 0 Å². The Morgan fingerprint density at radius 2 is 1.92 bits per heavy atom. The molecule has 26 heavy (non-hydrogen) atoms. The second-order valence-corrected chi connectivity index (χ2v) is 7.51. The van der Waals surface area contributed by atoms with E-state index < -0.39 is 0 Å². The maximum absolute atomic E-state index is 6.00. The van der Waals surface area contributed by atoms with Crippen LogP contribution in [0.1, 0.15) is 50.1 Å². The Morgan fingerprint density at radius 3 is 2.69 bits per heavy atom. The van der Waals surface area contributed by atoms with E-state index in [2.05, 4.69) is 16.5 Å². The molecule has 0 unspecified atom stereocenters. The molecule has 0 amide bonds. The third-order valence-electron chi connectivity index (χ3n) is 5.50. The zero-order valence-corrected chi connectivity index (χ0v) is 15.4. The summed E-state index contributed by atoms with van der Waals surface area (Å²) in [7, 11) is 1.97. The minimum atomic E-state index is 0.345. The minimum Gasteiger partial charge on any atom is -0.381 e. The first-order chi connectivity index (χ1) is 12.7. The predicted octanol–water partition coefficient (Wildman–Crippen LogP) is 2.45. The van der Waals surface area contributed by atoms with Crippen molar-refractivity contribution in [2.75, 3.05) is 18.5 Å². The first-order valence-corrected chi connectivity index (χ1v) is 9.66. The number of hydrogen-bond acceptors (Lipinski definition) is 6. The van der Waals surface area contributed by atoms with Crippen LogP contribution in [0.4, 0.5) is 5.95 Å². The molecule has 2 fully saturated rings. The van der Waals surface area contributed by atoms with Gasteiger partial charge in [0.05, 0.1) is 11.4 Å². The van der Waals surface area contributed by atoms with Crippen molar-refractivity contribution in [3.8, 4) is 11.3 Å². The van der Waals surface area contributed by atoms with Crippen LogP contribution in [-0.2, 0) is 11.8 Å². The van der Waals surface area contributed by atoms with Crippen LogP contribution >= 0.6 is 0 Å². The molecular formula is C19H28N6O. The van der Waals surface area contributed by atoms with E-state index in [0.717, 1.165) is 68.7 Å². The van der Waals surface area contributed by atoms with Crippen LogP contribution < -0.4 is 11.1 Å². The molecule has 1 aliphatic carbocycles. The first-order valence-electron chi connectivity index (χ1n) is 9.66. The molecule has 1 aliphatic heterocycles. The van der Waals surface area contributed by atoms with Gasteiger partial charge in [0.1, 0.15) is 0 Å². The third kappa shape index (κ3) is 3.88. The molecule has 2 aromatic rings. The summed E-state index contributed by atoms with van der Waals surface area (Å²) in [5.41, 5.74) is 9.17. The standard InChI is InChI=1S/C19H28N6O/c1-25-12-16(18(24-25)13-7-10-26-11-8-13)17-6-9-21-19(23-17)22-15-4-2-14(20)3-5-15/h6,9,12-15H,2-5,7-8,10-11,20H2,1H3,(H,21,22,23). The van der Waals surface area contributed by atoms with Gasteiger partial charge in [0, 0.05) is 56.2 Å². The normalized spacial score (nSPS) is 24.5. The highest BCUT2D eigenvalue weighted by molar-refractivity contribution is 5.63. The number of aromatic nitrogens is 4. The zero-order chi connectivity index (χ0) is 17.9. The van der Waals surface area contributed by atoms with Crippen molar-refractivity contribution in [1.29, 1.82) is 0 Å². The van der Waals surface area contributed by atoms with Gasteiger partial charge in [-0.1, -0.05) is 0 Å². The average molecular weight is 356 g/mol. The zero-order valence-electron chi connectivity index (χ0n) is 15.4. The van der Waals surface area contributed by atoms with Gasteiger partial charge < -0.3 is 15.8 Å². The monoisotopic (exact) mass is 356 g/mol. The summed E-state index contributed by atoms with van der Waals surface area (Å²) in [4.78, 5) is 9.21. The summed E-state index contributed by atoms with van der Waals surface area (Å²) in [6.07, 6.45) is 10.2. The van der Waals surface area contributed by atoms with E-state index in [4.69, 9.17) is 20.6 Å². The Hall–Kier alpha value is -1.99. The quantitative estimate of drug-likeness (QED) is 0.874. The van der Waals surface area contributed by atoms with Crippen LogP contribution in [0.15, 0.2) is 18.5 Å². The summed E-state index contributed by atoms with van der Waals surface area (Å²) in [6, 6.07) is 2.73. The molecule has 7 heteroatoms. The predicted molar refractivity (Wildman–Crippen MR) is 101 cm³/mol. The Morgan fingerprint density at radius 1 is 1.15 bits per heavy atom. The lowest BCUT2D eigenvalue weighted by atomic mass is 9.92. The van der Waals surface area contributed by atoms with Gasteiger partial charge in [0.15, 0.2) is 0 Å². The number of nitrogens with two attached hydrogens (primary N) is 1. The number of nitrogens with one attached hydrogen (secondary N) is 1. The van der Waals surface area contributed by atoms with Crippen LogP contribution in [0.2, 0.25) is 0 Å². The van der Waals surface area contributed by atoms with Crippen molar-refractivity contribution in [3.63, 3.8) is 0 Å². The third-order valence-corrected chi connectivity index (χ3v) is 5.50. The molecule has 1 saturated heterocycles. The highest BCUT2D eigenvalue weighted by Crippen LogP contribution is 2.33. The van der Waals surface area contributed by atoms with Crippen LogP contribution in [0, 0.1) is 0 Å². The molecule has 0 spiro atoms. The van der Waals surface area contributed by atoms with E-state index in [9.17, 15) is 0 Å². The average Bonchev–Trinajstić information content (AvgIpc) is 3.06. The van der Waals surface area contributed by atoms with E-state index in [1.54, 1.807) is 0 Å². The fourth-order valence-electron chi connectivity index (χ4n) is 4.00. The van der Waals surface area contributed by atoms with E-state index in [1.807, 2.05) is 24.0 Å². The Labute approximate surface area is 154 Å². The fourth-order valence-corrected chi connectivity index (χ4v) is 4.00. The first kappa shape index (κ1) is 17.4. The molecule has 2 aromatic heterocycles. The Balaban J connectivity index is 1.55. The molecule has 140 valence electrons. The smallest absolute Gasteiger partial charge is 0.223 e. The van der Waals surface area contributed by atoms with E-state index in [0.29, 0.717) is 23.9 Å². The lowest BCUT2D eigenvalue weighted by Gasteiger charge is -2.26. The molecule has 3 N–H and O–H groups in total. The van der Waals surface area contributed by atoms with Crippen molar-refractivity contribution in [2.45, 2.75) is 56.5 Å². The molecule has 3 heterocycles. The number of hydrogen-bond donors (Lipinski definition) is 2. The van der Waals surface area contributed by atoms with Gasteiger partial charge in [-0.25, -0.2) is 9.97 Å². The van der Waals surface area contributed by atoms with Gasteiger partial charge in [0.25, 0.3) is 0 Å². The van der Waals surface area contributed by atoms with Crippen molar-refractivity contribution in [1.82, 2.24) is 19.7 Å². The van der Waals surface area contributed by atoms with Crippen LogP contribution in [-0.4, -0.2) is 45.0 Å². The molecule has 4 rings (SSSR count). The number of anilines is 1. The second-order valence-electron chi connectivity index (χ2n) is 7.51. The highest BCUT2D eigenvalue weighted by Gasteiger charge is 2.24. The van der Waals surface area contributed by atoms with E-state index in [-0.39, 0.29) is 0 Å².